The minimum Gasteiger partial charge on any atom is -0.271 e. The van der Waals surface area contributed by atoms with Crippen LogP contribution in [-0.4, -0.2) is 6.04 Å². The fourth-order valence-electron chi connectivity index (χ4n) is 2.37. The van der Waals surface area contributed by atoms with Gasteiger partial charge in [0.15, 0.2) is 0 Å². The predicted molar refractivity (Wildman–Crippen MR) is 57.0 cm³/mol. The quantitative estimate of drug-likeness (QED) is 0.389. The van der Waals surface area contributed by atoms with Crippen LogP contribution < -0.4 is 11.3 Å². The number of hydrazine groups is 1. The number of nitrogens with two attached hydrogens (primary N) is 1. The van der Waals surface area contributed by atoms with E-state index in [1.165, 1.54) is 19.3 Å². The fraction of sp³-hybridized carbons (Fsp3) is 0.818. The highest BCUT2D eigenvalue weighted by atomic mass is 15.2. The van der Waals surface area contributed by atoms with E-state index in [1.54, 1.807) is 0 Å². The van der Waals surface area contributed by atoms with Gasteiger partial charge in [-0.15, -0.1) is 6.58 Å². The molecular formula is C11H22N2. The van der Waals surface area contributed by atoms with Crippen LogP contribution in [-0.2, 0) is 0 Å². The molecule has 0 aromatic carbocycles. The second-order valence-corrected chi connectivity index (χ2v) is 4.32. The van der Waals surface area contributed by atoms with Gasteiger partial charge in [0, 0.05) is 6.04 Å². The number of rotatable bonds is 5. The molecule has 1 saturated carbocycles. The SMILES string of the molecule is C=CCCC(NN)C1CCC(C)C1. The molecule has 2 nitrogen and oxygen atoms in total. The molecular weight excluding hydrogens is 160 g/mol. The molecule has 1 fully saturated rings. The van der Waals surface area contributed by atoms with Crippen molar-refractivity contribution in [3.8, 4) is 0 Å². The van der Waals surface area contributed by atoms with Gasteiger partial charge in [-0.1, -0.05) is 19.4 Å². The zero-order valence-corrected chi connectivity index (χ0v) is 8.63. The maximum absolute atomic E-state index is 5.55. The molecule has 3 atom stereocenters. The Labute approximate surface area is 81.6 Å². The average molecular weight is 182 g/mol. The van der Waals surface area contributed by atoms with Crippen LogP contribution >= 0.6 is 0 Å². The molecule has 76 valence electrons. The lowest BCUT2D eigenvalue weighted by Gasteiger charge is -2.22. The summed E-state index contributed by atoms with van der Waals surface area (Å²) in [6, 6.07) is 0.503. The highest BCUT2D eigenvalue weighted by Crippen LogP contribution is 2.33. The highest BCUT2D eigenvalue weighted by Gasteiger charge is 2.27. The minimum atomic E-state index is 0.503. The van der Waals surface area contributed by atoms with Crippen molar-refractivity contribution in [2.24, 2.45) is 17.7 Å². The van der Waals surface area contributed by atoms with Crippen molar-refractivity contribution in [3.63, 3.8) is 0 Å². The summed E-state index contributed by atoms with van der Waals surface area (Å²) in [6.45, 7) is 6.07. The molecule has 0 radical (unpaired) electrons. The van der Waals surface area contributed by atoms with Crippen LogP contribution in [0.25, 0.3) is 0 Å². The molecule has 0 saturated heterocycles. The molecule has 0 aromatic heterocycles. The molecule has 0 amide bonds. The Morgan fingerprint density at radius 2 is 2.38 bits per heavy atom. The van der Waals surface area contributed by atoms with Gasteiger partial charge in [-0.3, -0.25) is 11.3 Å². The maximum atomic E-state index is 5.55. The molecule has 0 spiro atoms. The average Bonchev–Trinajstić information content (AvgIpc) is 2.54. The molecule has 3 N–H and O–H groups in total. The van der Waals surface area contributed by atoms with Gasteiger partial charge in [0.1, 0.15) is 0 Å². The molecule has 0 bridgehead atoms. The Hall–Kier alpha value is -0.340. The summed E-state index contributed by atoms with van der Waals surface area (Å²) in [7, 11) is 0. The summed E-state index contributed by atoms with van der Waals surface area (Å²) < 4.78 is 0. The smallest absolute Gasteiger partial charge is 0.0241 e. The summed E-state index contributed by atoms with van der Waals surface area (Å²) in [5.74, 6) is 7.24. The van der Waals surface area contributed by atoms with Crippen LogP contribution in [0.15, 0.2) is 12.7 Å². The van der Waals surface area contributed by atoms with E-state index >= 15 is 0 Å². The first-order valence-electron chi connectivity index (χ1n) is 5.35. The summed E-state index contributed by atoms with van der Waals surface area (Å²) in [6.07, 6.45) is 8.23. The maximum Gasteiger partial charge on any atom is 0.0241 e. The summed E-state index contributed by atoms with van der Waals surface area (Å²) in [4.78, 5) is 0. The van der Waals surface area contributed by atoms with Crippen molar-refractivity contribution in [1.29, 1.82) is 0 Å². The largest absolute Gasteiger partial charge is 0.271 e. The topological polar surface area (TPSA) is 38.0 Å². The Morgan fingerprint density at radius 3 is 2.85 bits per heavy atom. The van der Waals surface area contributed by atoms with Crippen LogP contribution in [0.3, 0.4) is 0 Å². The third kappa shape index (κ3) is 3.12. The van der Waals surface area contributed by atoms with E-state index in [-0.39, 0.29) is 0 Å². The zero-order chi connectivity index (χ0) is 9.68. The van der Waals surface area contributed by atoms with Gasteiger partial charge in [-0.05, 0) is 37.5 Å². The van der Waals surface area contributed by atoms with Gasteiger partial charge in [-0.2, -0.15) is 0 Å². The van der Waals surface area contributed by atoms with E-state index in [9.17, 15) is 0 Å². The van der Waals surface area contributed by atoms with E-state index in [4.69, 9.17) is 5.84 Å². The van der Waals surface area contributed by atoms with E-state index in [0.717, 1.165) is 24.7 Å². The first-order valence-corrected chi connectivity index (χ1v) is 5.35. The van der Waals surface area contributed by atoms with Gasteiger partial charge in [-0.25, -0.2) is 0 Å². The van der Waals surface area contributed by atoms with E-state index in [2.05, 4.69) is 18.9 Å². The zero-order valence-electron chi connectivity index (χ0n) is 8.63. The molecule has 0 aromatic rings. The van der Waals surface area contributed by atoms with Gasteiger partial charge in [0.05, 0.1) is 0 Å². The number of nitrogens with one attached hydrogen (secondary N) is 1. The second-order valence-electron chi connectivity index (χ2n) is 4.32. The van der Waals surface area contributed by atoms with Crippen molar-refractivity contribution >= 4 is 0 Å². The Balaban J connectivity index is 2.32. The standard InChI is InChI=1S/C11H22N2/c1-3-4-5-11(13-12)10-7-6-9(2)8-10/h3,9-11,13H,1,4-8,12H2,2H3. The Bertz CT molecular complexity index is 156. The summed E-state index contributed by atoms with van der Waals surface area (Å²) in [5.41, 5.74) is 2.95. The molecule has 0 heterocycles. The summed E-state index contributed by atoms with van der Waals surface area (Å²) in [5, 5.41) is 0. The van der Waals surface area contributed by atoms with E-state index in [1.807, 2.05) is 6.08 Å². The van der Waals surface area contributed by atoms with Crippen LogP contribution in [0.4, 0.5) is 0 Å². The second kappa shape index (κ2) is 5.40. The van der Waals surface area contributed by atoms with Crippen LogP contribution in [0.5, 0.6) is 0 Å². The minimum absolute atomic E-state index is 0.503. The molecule has 1 aliphatic carbocycles. The Kier molecular flexibility index (Phi) is 4.46. The van der Waals surface area contributed by atoms with Crippen LogP contribution in [0.2, 0.25) is 0 Å². The molecule has 1 rings (SSSR count). The lowest BCUT2D eigenvalue weighted by molar-refractivity contribution is 0.339. The lowest BCUT2D eigenvalue weighted by atomic mass is 9.94. The first-order chi connectivity index (χ1) is 6.27. The molecule has 2 heteroatoms. The predicted octanol–water partition coefficient (Wildman–Crippen LogP) is 2.22. The molecule has 3 unspecified atom stereocenters. The van der Waals surface area contributed by atoms with Crippen molar-refractivity contribution in [3.05, 3.63) is 12.7 Å². The van der Waals surface area contributed by atoms with E-state index in [0.29, 0.717) is 6.04 Å². The van der Waals surface area contributed by atoms with Gasteiger partial charge < -0.3 is 0 Å². The normalized spacial score (nSPS) is 30.3. The Morgan fingerprint density at radius 1 is 1.62 bits per heavy atom. The van der Waals surface area contributed by atoms with Crippen LogP contribution in [0, 0.1) is 11.8 Å². The molecule has 0 aliphatic heterocycles. The van der Waals surface area contributed by atoms with Gasteiger partial charge in [0.25, 0.3) is 0 Å². The number of hydrogen-bond donors (Lipinski definition) is 2. The van der Waals surface area contributed by atoms with E-state index < -0.39 is 0 Å². The highest BCUT2D eigenvalue weighted by molar-refractivity contribution is 4.83. The van der Waals surface area contributed by atoms with Crippen molar-refractivity contribution in [2.45, 2.75) is 45.1 Å². The van der Waals surface area contributed by atoms with Crippen molar-refractivity contribution in [2.75, 3.05) is 0 Å². The van der Waals surface area contributed by atoms with Gasteiger partial charge in [0.2, 0.25) is 0 Å². The monoisotopic (exact) mass is 182 g/mol. The van der Waals surface area contributed by atoms with Gasteiger partial charge >= 0.3 is 0 Å². The third-order valence-electron chi connectivity index (χ3n) is 3.20. The van der Waals surface area contributed by atoms with Crippen molar-refractivity contribution < 1.29 is 0 Å². The number of allylic oxidation sites excluding steroid dienone is 1. The molecule has 13 heavy (non-hydrogen) atoms. The lowest BCUT2D eigenvalue weighted by Crippen LogP contribution is -2.40. The number of hydrogen-bond acceptors (Lipinski definition) is 2. The summed E-state index contributed by atoms with van der Waals surface area (Å²) >= 11 is 0. The van der Waals surface area contributed by atoms with Crippen molar-refractivity contribution in [1.82, 2.24) is 5.43 Å². The van der Waals surface area contributed by atoms with Crippen LogP contribution in [0.1, 0.15) is 39.0 Å². The fourth-order valence-corrected chi connectivity index (χ4v) is 2.37. The molecule has 1 aliphatic rings. The first kappa shape index (κ1) is 10.7. The third-order valence-corrected chi connectivity index (χ3v) is 3.20.